The number of fused-ring (bicyclic) bond motifs is 1. The van der Waals surface area contributed by atoms with Crippen molar-refractivity contribution in [3.63, 3.8) is 0 Å². The smallest absolute Gasteiger partial charge is 0.334 e. The number of benzene rings is 2. The summed E-state index contributed by atoms with van der Waals surface area (Å²) in [6, 6.07) is 15.4. The van der Waals surface area contributed by atoms with Gasteiger partial charge in [-0.1, -0.05) is 36.4 Å². The van der Waals surface area contributed by atoms with Gasteiger partial charge in [-0.2, -0.15) is 0 Å². The number of aliphatic carboxylic acids is 1. The summed E-state index contributed by atoms with van der Waals surface area (Å²) in [5.41, 5.74) is 2.35. The Morgan fingerprint density at radius 3 is 2.40 bits per heavy atom. The zero-order valence-electron chi connectivity index (χ0n) is 10.7. The predicted octanol–water partition coefficient (Wildman–Crippen LogP) is 2.40. The Hall–Kier alpha value is -2.62. The Morgan fingerprint density at radius 1 is 1.05 bits per heavy atom. The van der Waals surface area contributed by atoms with Crippen molar-refractivity contribution < 1.29 is 14.7 Å². The summed E-state index contributed by atoms with van der Waals surface area (Å²) in [6.45, 7) is 0. The summed E-state index contributed by atoms with van der Waals surface area (Å²) >= 11 is 0. The average Bonchev–Trinajstić information content (AvgIpc) is 2.46. The van der Waals surface area contributed by atoms with Crippen LogP contribution >= 0.6 is 0 Å². The standard InChI is InChI=1S/C16H13NO3/c18-14-10-11-6-4-5-9-13(11)17(15(14)16(19)20)12-7-2-1-3-8-12/h1-9,15H,10H2,(H,19,20). The summed E-state index contributed by atoms with van der Waals surface area (Å²) in [4.78, 5) is 25.3. The number of hydrogen-bond acceptors (Lipinski definition) is 3. The molecule has 0 radical (unpaired) electrons. The number of carbonyl (C=O) groups excluding carboxylic acids is 1. The molecule has 0 aliphatic carbocycles. The fraction of sp³-hybridized carbons (Fsp3) is 0.125. The molecule has 20 heavy (non-hydrogen) atoms. The van der Waals surface area contributed by atoms with Gasteiger partial charge >= 0.3 is 5.97 Å². The zero-order chi connectivity index (χ0) is 14.1. The van der Waals surface area contributed by atoms with E-state index >= 15 is 0 Å². The molecule has 0 spiro atoms. The van der Waals surface area contributed by atoms with Crippen LogP contribution in [-0.4, -0.2) is 22.9 Å². The molecule has 2 aromatic carbocycles. The maximum atomic E-state index is 12.2. The van der Waals surface area contributed by atoms with Crippen molar-refractivity contribution in [1.82, 2.24) is 0 Å². The van der Waals surface area contributed by atoms with E-state index in [2.05, 4.69) is 0 Å². The lowest BCUT2D eigenvalue weighted by molar-refractivity contribution is -0.142. The van der Waals surface area contributed by atoms with Gasteiger partial charge in [-0.05, 0) is 23.8 Å². The highest BCUT2D eigenvalue weighted by molar-refractivity contribution is 6.10. The molecule has 0 amide bonds. The lowest BCUT2D eigenvalue weighted by atomic mass is 9.94. The first kappa shape index (κ1) is 12.4. The molecule has 0 fully saturated rings. The first-order valence-electron chi connectivity index (χ1n) is 6.36. The van der Waals surface area contributed by atoms with Gasteiger partial charge in [0.1, 0.15) is 0 Å². The topological polar surface area (TPSA) is 57.6 Å². The molecule has 1 N–H and O–H groups in total. The molecule has 2 aromatic rings. The molecule has 3 rings (SSSR count). The molecule has 0 bridgehead atoms. The number of anilines is 2. The summed E-state index contributed by atoms with van der Waals surface area (Å²) in [7, 11) is 0. The molecular weight excluding hydrogens is 254 g/mol. The highest BCUT2D eigenvalue weighted by Crippen LogP contribution is 2.35. The van der Waals surface area contributed by atoms with Gasteiger partial charge in [0.15, 0.2) is 11.8 Å². The minimum Gasteiger partial charge on any atom is -0.479 e. The van der Waals surface area contributed by atoms with E-state index < -0.39 is 12.0 Å². The maximum absolute atomic E-state index is 12.2. The van der Waals surface area contributed by atoms with Gasteiger partial charge in [0.25, 0.3) is 0 Å². The number of carboxylic acid groups (broad SMARTS) is 1. The number of para-hydroxylation sites is 2. The zero-order valence-corrected chi connectivity index (χ0v) is 10.7. The van der Waals surface area contributed by atoms with Crippen molar-refractivity contribution >= 4 is 23.1 Å². The average molecular weight is 267 g/mol. The Morgan fingerprint density at radius 2 is 1.70 bits per heavy atom. The fourth-order valence-electron chi connectivity index (χ4n) is 2.59. The first-order valence-corrected chi connectivity index (χ1v) is 6.36. The monoisotopic (exact) mass is 267 g/mol. The molecule has 1 aliphatic heterocycles. The molecule has 0 aromatic heterocycles. The van der Waals surface area contributed by atoms with E-state index in [1.165, 1.54) is 0 Å². The van der Waals surface area contributed by atoms with Gasteiger partial charge in [-0.15, -0.1) is 0 Å². The third kappa shape index (κ3) is 1.95. The lowest BCUT2D eigenvalue weighted by Crippen LogP contribution is -2.48. The molecular formula is C16H13NO3. The van der Waals surface area contributed by atoms with Gasteiger partial charge < -0.3 is 10.0 Å². The fourth-order valence-corrected chi connectivity index (χ4v) is 2.59. The normalized spacial score (nSPS) is 17.7. The van der Waals surface area contributed by atoms with Crippen molar-refractivity contribution in [3.8, 4) is 0 Å². The van der Waals surface area contributed by atoms with Crippen molar-refractivity contribution in [2.24, 2.45) is 0 Å². The van der Waals surface area contributed by atoms with Crippen LogP contribution in [0.1, 0.15) is 5.56 Å². The Kier molecular flexibility index (Phi) is 2.99. The second-order valence-corrected chi connectivity index (χ2v) is 4.72. The minimum absolute atomic E-state index is 0.163. The van der Waals surface area contributed by atoms with E-state index in [1.54, 1.807) is 4.90 Å². The molecule has 4 nitrogen and oxygen atoms in total. The Labute approximate surface area is 116 Å². The number of carbonyl (C=O) groups is 2. The van der Waals surface area contributed by atoms with E-state index in [-0.39, 0.29) is 12.2 Å². The number of carboxylic acids is 1. The molecule has 1 atom stereocenters. The van der Waals surface area contributed by atoms with E-state index in [0.717, 1.165) is 11.3 Å². The number of ketones is 1. The Bertz CT molecular complexity index is 666. The van der Waals surface area contributed by atoms with Gasteiger partial charge in [0.05, 0.1) is 0 Å². The van der Waals surface area contributed by atoms with E-state index in [1.807, 2.05) is 54.6 Å². The summed E-state index contributed by atoms with van der Waals surface area (Å²) in [6.07, 6.45) is 0.163. The molecule has 100 valence electrons. The molecule has 1 unspecified atom stereocenters. The maximum Gasteiger partial charge on any atom is 0.334 e. The van der Waals surface area contributed by atoms with Crippen LogP contribution in [-0.2, 0) is 16.0 Å². The number of Topliss-reactive ketones (excluding diaryl/α,β-unsaturated/α-hetero) is 1. The van der Waals surface area contributed by atoms with E-state index in [4.69, 9.17) is 0 Å². The molecule has 0 saturated heterocycles. The van der Waals surface area contributed by atoms with Crippen molar-refractivity contribution in [1.29, 1.82) is 0 Å². The molecule has 4 heteroatoms. The minimum atomic E-state index is -1.16. The van der Waals surface area contributed by atoms with Crippen molar-refractivity contribution in [2.45, 2.75) is 12.5 Å². The SMILES string of the molecule is O=C(O)C1C(=O)Cc2ccccc2N1c1ccccc1. The van der Waals surface area contributed by atoms with E-state index in [9.17, 15) is 14.7 Å². The highest BCUT2D eigenvalue weighted by atomic mass is 16.4. The van der Waals surface area contributed by atoms with Crippen LogP contribution in [0.2, 0.25) is 0 Å². The molecule has 0 saturated carbocycles. The second-order valence-electron chi connectivity index (χ2n) is 4.72. The third-order valence-corrected chi connectivity index (χ3v) is 3.45. The van der Waals surface area contributed by atoms with Crippen LogP contribution in [0.25, 0.3) is 0 Å². The molecule has 1 aliphatic rings. The van der Waals surface area contributed by atoms with Gasteiger partial charge in [0.2, 0.25) is 0 Å². The number of nitrogens with zero attached hydrogens (tertiary/aromatic N) is 1. The highest BCUT2D eigenvalue weighted by Gasteiger charge is 2.38. The Balaban J connectivity index is 2.20. The van der Waals surface area contributed by atoms with Crippen molar-refractivity contribution in [2.75, 3.05) is 4.90 Å². The van der Waals surface area contributed by atoms with Crippen LogP contribution in [0.3, 0.4) is 0 Å². The largest absolute Gasteiger partial charge is 0.479 e. The van der Waals surface area contributed by atoms with Crippen LogP contribution < -0.4 is 4.90 Å². The quantitative estimate of drug-likeness (QED) is 0.849. The number of rotatable bonds is 2. The summed E-state index contributed by atoms with van der Waals surface area (Å²) in [5, 5.41) is 9.40. The van der Waals surface area contributed by atoms with E-state index in [0.29, 0.717) is 5.69 Å². The first-order chi connectivity index (χ1) is 9.68. The summed E-state index contributed by atoms with van der Waals surface area (Å²) in [5.74, 6) is -1.41. The lowest BCUT2D eigenvalue weighted by Gasteiger charge is -2.35. The van der Waals surface area contributed by atoms with Crippen LogP contribution in [0, 0.1) is 0 Å². The van der Waals surface area contributed by atoms with Crippen LogP contribution in [0.4, 0.5) is 11.4 Å². The summed E-state index contributed by atoms with van der Waals surface area (Å²) < 4.78 is 0. The second kappa shape index (κ2) is 4.81. The van der Waals surface area contributed by atoms with Crippen LogP contribution in [0.15, 0.2) is 54.6 Å². The number of hydrogen-bond donors (Lipinski definition) is 1. The van der Waals surface area contributed by atoms with Crippen LogP contribution in [0.5, 0.6) is 0 Å². The predicted molar refractivity (Wildman–Crippen MR) is 75.2 cm³/mol. The van der Waals surface area contributed by atoms with Gasteiger partial charge in [-0.3, -0.25) is 4.79 Å². The van der Waals surface area contributed by atoms with Gasteiger partial charge in [0, 0.05) is 17.8 Å². The van der Waals surface area contributed by atoms with Crippen molar-refractivity contribution in [3.05, 3.63) is 60.2 Å². The third-order valence-electron chi connectivity index (χ3n) is 3.45. The molecule has 1 heterocycles. The van der Waals surface area contributed by atoms with Gasteiger partial charge in [-0.25, -0.2) is 4.79 Å².